The Kier molecular flexibility index (Phi) is 5.17. The van der Waals surface area contributed by atoms with Crippen LogP contribution >= 0.6 is 12.4 Å². The maximum Gasteiger partial charge on any atom is 0.226 e. The summed E-state index contributed by atoms with van der Waals surface area (Å²) in [7, 11) is 0. The number of halogens is 1. The Labute approximate surface area is 125 Å². The van der Waals surface area contributed by atoms with Gasteiger partial charge in [0.25, 0.3) is 0 Å². The van der Waals surface area contributed by atoms with E-state index in [2.05, 4.69) is 9.88 Å². The van der Waals surface area contributed by atoms with Crippen molar-refractivity contribution in [2.75, 3.05) is 19.6 Å². The molecule has 1 aromatic heterocycles. The van der Waals surface area contributed by atoms with Crippen LogP contribution in [0, 0.1) is 5.92 Å². The second kappa shape index (κ2) is 6.88. The Morgan fingerprint density at radius 2 is 2.10 bits per heavy atom. The van der Waals surface area contributed by atoms with Crippen molar-refractivity contribution in [3.63, 3.8) is 0 Å². The zero-order valence-electron chi connectivity index (χ0n) is 11.4. The zero-order chi connectivity index (χ0) is 13.1. The van der Waals surface area contributed by atoms with Crippen molar-refractivity contribution in [2.24, 2.45) is 11.7 Å². The van der Waals surface area contributed by atoms with Gasteiger partial charge < -0.3 is 10.2 Å². The smallest absolute Gasteiger partial charge is 0.226 e. The normalized spacial score (nSPS) is 18.9. The molecule has 1 fully saturated rings. The highest BCUT2D eigenvalue weighted by atomic mass is 35.5. The predicted octanol–water partition coefficient (Wildman–Crippen LogP) is 2.54. The summed E-state index contributed by atoms with van der Waals surface area (Å²) in [6.45, 7) is 3.82. The topological polar surface area (TPSA) is 55.3 Å². The van der Waals surface area contributed by atoms with Crippen molar-refractivity contribution in [1.82, 2.24) is 9.88 Å². The molecule has 1 aliphatic rings. The van der Waals surface area contributed by atoms with E-state index in [9.17, 15) is 0 Å². The van der Waals surface area contributed by atoms with E-state index in [1.807, 2.05) is 30.3 Å². The lowest BCUT2D eigenvalue weighted by molar-refractivity contribution is 0.313. The minimum Gasteiger partial charge on any atom is -0.444 e. The lowest BCUT2D eigenvalue weighted by Crippen LogP contribution is -2.22. The first-order chi connectivity index (χ1) is 9.35. The third-order valence-corrected chi connectivity index (χ3v) is 3.66. The van der Waals surface area contributed by atoms with Crippen LogP contribution in [0.2, 0.25) is 0 Å². The first kappa shape index (κ1) is 15.0. The van der Waals surface area contributed by atoms with Crippen LogP contribution in [0.5, 0.6) is 0 Å². The quantitative estimate of drug-likeness (QED) is 0.941. The van der Waals surface area contributed by atoms with Crippen LogP contribution in [0.15, 0.2) is 41.0 Å². The van der Waals surface area contributed by atoms with Gasteiger partial charge in [0.15, 0.2) is 0 Å². The predicted molar refractivity (Wildman–Crippen MR) is 81.6 cm³/mol. The monoisotopic (exact) mass is 293 g/mol. The molecule has 1 aliphatic heterocycles. The third kappa shape index (κ3) is 3.39. The van der Waals surface area contributed by atoms with Crippen molar-refractivity contribution < 1.29 is 4.42 Å². The van der Waals surface area contributed by atoms with E-state index >= 15 is 0 Å². The Bertz CT molecular complexity index is 529. The molecule has 4 nitrogen and oxygen atoms in total. The van der Waals surface area contributed by atoms with Gasteiger partial charge in [0.1, 0.15) is 6.26 Å². The van der Waals surface area contributed by atoms with Crippen LogP contribution in [-0.2, 0) is 6.54 Å². The fourth-order valence-electron chi connectivity index (χ4n) is 2.57. The minimum atomic E-state index is 0. The first-order valence-electron chi connectivity index (χ1n) is 6.77. The number of aromatic nitrogens is 1. The SMILES string of the molecule is Cl.NCC1CCN(Cc2coc(-c3ccccc3)n2)C1. The summed E-state index contributed by atoms with van der Waals surface area (Å²) in [5.74, 6) is 1.34. The Hall–Kier alpha value is -1.36. The van der Waals surface area contributed by atoms with Gasteiger partial charge in [-0.1, -0.05) is 18.2 Å². The van der Waals surface area contributed by atoms with Crippen molar-refractivity contribution in [2.45, 2.75) is 13.0 Å². The summed E-state index contributed by atoms with van der Waals surface area (Å²) >= 11 is 0. The second-order valence-electron chi connectivity index (χ2n) is 5.14. The standard InChI is InChI=1S/C15H19N3O.ClH/c16-8-12-6-7-18(9-12)10-14-11-19-15(17-14)13-4-2-1-3-5-13;/h1-5,11-12H,6-10,16H2;1H. The summed E-state index contributed by atoms with van der Waals surface area (Å²) in [4.78, 5) is 6.95. The van der Waals surface area contributed by atoms with E-state index in [4.69, 9.17) is 10.2 Å². The summed E-state index contributed by atoms with van der Waals surface area (Å²) in [6.07, 6.45) is 2.96. The molecule has 0 radical (unpaired) electrons. The number of oxazole rings is 1. The number of nitrogens with zero attached hydrogens (tertiary/aromatic N) is 2. The van der Waals surface area contributed by atoms with Crippen molar-refractivity contribution in [3.05, 3.63) is 42.3 Å². The molecule has 1 saturated heterocycles. The van der Waals surface area contributed by atoms with Gasteiger partial charge in [-0.2, -0.15) is 0 Å². The molecule has 20 heavy (non-hydrogen) atoms. The highest BCUT2D eigenvalue weighted by Crippen LogP contribution is 2.21. The maximum atomic E-state index is 5.71. The van der Waals surface area contributed by atoms with E-state index in [1.54, 1.807) is 6.26 Å². The highest BCUT2D eigenvalue weighted by molar-refractivity contribution is 5.85. The van der Waals surface area contributed by atoms with Gasteiger partial charge in [0.05, 0.1) is 5.69 Å². The minimum absolute atomic E-state index is 0. The molecule has 2 heterocycles. The average Bonchev–Trinajstić information content (AvgIpc) is 3.09. The molecule has 108 valence electrons. The molecular weight excluding hydrogens is 274 g/mol. The molecule has 5 heteroatoms. The summed E-state index contributed by atoms with van der Waals surface area (Å²) < 4.78 is 5.55. The van der Waals surface area contributed by atoms with E-state index in [-0.39, 0.29) is 12.4 Å². The van der Waals surface area contributed by atoms with E-state index in [1.165, 1.54) is 6.42 Å². The largest absolute Gasteiger partial charge is 0.444 e. The maximum absolute atomic E-state index is 5.71. The molecule has 0 amide bonds. The molecular formula is C15H20ClN3O. The van der Waals surface area contributed by atoms with Crippen molar-refractivity contribution >= 4 is 12.4 Å². The van der Waals surface area contributed by atoms with Crippen molar-refractivity contribution in [1.29, 1.82) is 0 Å². The second-order valence-corrected chi connectivity index (χ2v) is 5.14. The van der Waals surface area contributed by atoms with Crippen LogP contribution in [0.4, 0.5) is 0 Å². The molecule has 0 bridgehead atoms. The van der Waals surface area contributed by atoms with Crippen LogP contribution < -0.4 is 5.73 Å². The van der Waals surface area contributed by atoms with Gasteiger partial charge >= 0.3 is 0 Å². The molecule has 0 saturated carbocycles. The van der Waals surface area contributed by atoms with Crippen LogP contribution in [0.25, 0.3) is 11.5 Å². The van der Waals surface area contributed by atoms with Gasteiger partial charge in [0, 0.05) is 18.7 Å². The molecule has 1 atom stereocenters. The molecule has 1 aromatic carbocycles. The summed E-state index contributed by atoms with van der Waals surface area (Å²) in [5.41, 5.74) is 7.73. The van der Waals surface area contributed by atoms with Gasteiger partial charge in [0.2, 0.25) is 5.89 Å². The van der Waals surface area contributed by atoms with Crippen molar-refractivity contribution in [3.8, 4) is 11.5 Å². The third-order valence-electron chi connectivity index (χ3n) is 3.66. The zero-order valence-corrected chi connectivity index (χ0v) is 12.2. The lowest BCUT2D eigenvalue weighted by atomic mass is 10.1. The Morgan fingerprint density at radius 1 is 1.30 bits per heavy atom. The Morgan fingerprint density at radius 3 is 2.80 bits per heavy atom. The molecule has 2 aromatic rings. The van der Waals surface area contributed by atoms with Crippen LogP contribution in [0.1, 0.15) is 12.1 Å². The summed E-state index contributed by atoms with van der Waals surface area (Å²) in [5, 5.41) is 0. The first-order valence-corrected chi connectivity index (χ1v) is 6.77. The average molecular weight is 294 g/mol. The molecule has 0 aliphatic carbocycles. The van der Waals surface area contributed by atoms with Gasteiger partial charge in [-0.3, -0.25) is 4.90 Å². The molecule has 1 unspecified atom stereocenters. The van der Waals surface area contributed by atoms with E-state index < -0.39 is 0 Å². The number of likely N-dealkylation sites (tertiary alicyclic amines) is 1. The lowest BCUT2D eigenvalue weighted by Gasteiger charge is -2.13. The Balaban J connectivity index is 0.00000147. The van der Waals surface area contributed by atoms with Crippen LogP contribution in [0.3, 0.4) is 0 Å². The number of rotatable bonds is 4. The molecule has 0 spiro atoms. The summed E-state index contributed by atoms with van der Waals surface area (Å²) in [6, 6.07) is 9.99. The highest BCUT2D eigenvalue weighted by Gasteiger charge is 2.22. The fourth-order valence-corrected chi connectivity index (χ4v) is 2.57. The fraction of sp³-hybridized carbons (Fsp3) is 0.400. The van der Waals surface area contributed by atoms with Gasteiger partial charge in [-0.05, 0) is 37.6 Å². The number of benzene rings is 1. The van der Waals surface area contributed by atoms with Gasteiger partial charge in [-0.15, -0.1) is 12.4 Å². The molecule has 2 N–H and O–H groups in total. The van der Waals surface area contributed by atoms with E-state index in [0.29, 0.717) is 11.8 Å². The van der Waals surface area contributed by atoms with E-state index in [0.717, 1.165) is 37.4 Å². The molecule has 3 rings (SSSR count). The number of nitrogens with two attached hydrogens (primary N) is 1. The van der Waals surface area contributed by atoms with Crippen LogP contribution in [-0.4, -0.2) is 29.5 Å². The number of hydrogen-bond acceptors (Lipinski definition) is 4. The number of hydrogen-bond donors (Lipinski definition) is 1. The van der Waals surface area contributed by atoms with Gasteiger partial charge in [-0.25, -0.2) is 4.98 Å².